The van der Waals surface area contributed by atoms with E-state index in [0.717, 1.165) is 49.9 Å². The molecule has 3 heterocycles. The third-order valence-corrected chi connectivity index (χ3v) is 5.82. The molecule has 2 fully saturated rings. The van der Waals surface area contributed by atoms with E-state index in [2.05, 4.69) is 21.8 Å². The number of nitrogens with zero attached hydrogens (tertiary/aromatic N) is 4. The van der Waals surface area contributed by atoms with Crippen molar-refractivity contribution in [3.8, 4) is 0 Å². The van der Waals surface area contributed by atoms with Crippen LogP contribution in [0.15, 0.2) is 6.20 Å². The van der Waals surface area contributed by atoms with Crippen molar-refractivity contribution >= 4 is 17.7 Å². The van der Waals surface area contributed by atoms with Crippen molar-refractivity contribution < 1.29 is 4.79 Å². The lowest BCUT2D eigenvalue weighted by atomic mass is 10.1. The lowest BCUT2D eigenvalue weighted by molar-refractivity contribution is 0.0756. The van der Waals surface area contributed by atoms with Crippen LogP contribution in [0.2, 0.25) is 0 Å². The predicted molar refractivity (Wildman–Crippen MR) is 90.4 cm³/mol. The normalized spacial score (nSPS) is 21.8. The number of hydrogen-bond acceptors (Lipinski definition) is 4. The Hall–Kier alpha value is -1.01. The summed E-state index contributed by atoms with van der Waals surface area (Å²) in [7, 11) is 1.87. The largest absolute Gasteiger partial charge is 0.337 e. The molecular formula is C16H26N4OS. The first-order valence-corrected chi connectivity index (χ1v) is 9.42. The summed E-state index contributed by atoms with van der Waals surface area (Å²) in [5.74, 6) is 2.73. The number of hydrogen-bond donors (Lipinski definition) is 0. The van der Waals surface area contributed by atoms with E-state index in [-0.39, 0.29) is 5.91 Å². The Balaban J connectivity index is 1.62. The molecule has 122 valence electrons. The zero-order valence-electron chi connectivity index (χ0n) is 13.6. The van der Waals surface area contributed by atoms with Gasteiger partial charge in [-0.25, -0.2) is 0 Å². The highest BCUT2D eigenvalue weighted by molar-refractivity contribution is 7.99. The van der Waals surface area contributed by atoms with Gasteiger partial charge in [-0.1, -0.05) is 0 Å². The van der Waals surface area contributed by atoms with Crippen molar-refractivity contribution in [2.75, 3.05) is 37.7 Å². The molecule has 0 saturated carbocycles. The van der Waals surface area contributed by atoms with E-state index < -0.39 is 0 Å². The van der Waals surface area contributed by atoms with Crippen LogP contribution >= 0.6 is 11.8 Å². The van der Waals surface area contributed by atoms with Gasteiger partial charge in [-0.2, -0.15) is 16.9 Å². The van der Waals surface area contributed by atoms with Crippen molar-refractivity contribution in [1.29, 1.82) is 0 Å². The second kappa shape index (κ2) is 7.04. The zero-order valence-corrected chi connectivity index (χ0v) is 14.4. The minimum atomic E-state index is 0.145. The van der Waals surface area contributed by atoms with Crippen LogP contribution in [0.4, 0.5) is 0 Å². The number of thioether (sulfide) groups is 1. The molecule has 0 aliphatic carbocycles. The third kappa shape index (κ3) is 3.49. The van der Waals surface area contributed by atoms with Crippen molar-refractivity contribution in [2.45, 2.75) is 32.2 Å². The molecule has 2 aliphatic heterocycles. The van der Waals surface area contributed by atoms with E-state index >= 15 is 0 Å². The predicted octanol–water partition coefficient (Wildman–Crippen LogP) is 1.77. The highest BCUT2D eigenvalue weighted by Gasteiger charge is 2.26. The Labute approximate surface area is 137 Å². The molecule has 5 nitrogen and oxygen atoms in total. The first-order valence-electron chi connectivity index (χ1n) is 8.26. The monoisotopic (exact) mass is 322 g/mol. The quantitative estimate of drug-likeness (QED) is 0.832. The van der Waals surface area contributed by atoms with Crippen molar-refractivity contribution in [3.05, 3.63) is 17.5 Å². The molecule has 0 bridgehead atoms. The SMILES string of the molecule is Cc1nn(C)cc1C(=O)N1CCCN(C2CCSCC2)CC1. The molecule has 2 saturated heterocycles. The second-order valence-corrected chi connectivity index (χ2v) is 7.55. The van der Waals surface area contributed by atoms with Gasteiger partial charge in [0.2, 0.25) is 0 Å². The first-order chi connectivity index (χ1) is 10.6. The molecule has 0 unspecified atom stereocenters. The molecule has 0 atom stereocenters. The molecule has 0 aromatic carbocycles. The lowest BCUT2D eigenvalue weighted by Gasteiger charge is -2.33. The van der Waals surface area contributed by atoms with Crippen molar-refractivity contribution in [3.63, 3.8) is 0 Å². The van der Waals surface area contributed by atoms with Gasteiger partial charge in [0.05, 0.1) is 11.3 Å². The molecule has 1 aromatic heterocycles. The minimum absolute atomic E-state index is 0.145. The number of rotatable bonds is 2. The van der Waals surface area contributed by atoms with Crippen LogP contribution in [0.1, 0.15) is 35.3 Å². The maximum Gasteiger partial charge on any atom is 0.257 e. The topological polar surface area (TPSA) is 41.4 Å². The Morgan fingerprint density at radius 2 is 2.00 bits per heavy atom. The fraction of sp³-hybridized carbons (Fsp3) is 0.750. The van der Waals surface area contributed by atoms with E-state index in [1.54, 1.807) is 4.68 Å². The van der Waals surface area contributed by atoms with E-state index in [1.807, 2.05) is 25.1 Å². The van der Waals surface area contributed by atoms with Crippen LogP contribution in [0.5, 0.6) is 0 Å². The molecule has 3 rings (SSSR count). The number of aromatic nitrogens is 2. The minimum Gasteiger partial charge on any atom is -0.337 e. The van der Waals surface area contributed by atoms with Crippen LogP contribution < -0.4 is 0 Å². The Morgan fingerprint density at radius 3 is 2.68 bits per heavy atom. The third-order valence-electron chi connectivity index (χ3n) is 4.77. The molecule has 2 aliphatic rings. The zero-order chi connectivity index (χ0) is 15.5. The summed E-state index contributed by atoms with van der Waals surface area (Å²) in [6.45, 7) is 5.77. The van der Waals surface area contributed by atoms with Crippen LogP contribution in [-0.2, 0) is 7.05 Å². The van der Waals surface area contributed by atoms with Gasteiger partial charge in [0, 0.05) is 45.5 Å². The lowest BCUT2D eigenvalue weighted by Crippen LogP contribution is -2.41. The van der Waals surface area contributed by atoms with E-state index in [1.165, 1.54) is 24.3 Å². The molecule has 0 spiro atoms. The maximum atomic E-state index is 12.7. The van der Waals surface area contributed by atoms with Crippen LogP contribution in [-0.4, -0.2) is 69.2 Å². The Kier molecular flexibility index (Phi) is 5.08. The van der Waals surface area contributed by atoms with Gasteiger partial charge >= 0.3 is 0 Å². The molecule has 0 N–H and O–H groups in total. The smallest absolute Gasteiger partial charge is 0.257 e. The highest BCUT2D eigenvalue weighted by atomic mass is 32.2. The molecule has 0 radical (unpaired) electrons. The van der Waals surface area contributed by atoms with E-state index in [0.29, 0.717) is 0 Å². The van der Waals surface area contributed by atoms with Crippen LogP contribution in [0, 0.1) is 6.92 Å². The van der Waals surface area contributed by atoms with Gasteiger partial charge in [0.25, 0.3) is 5.91 Å². The van der Waals surface area contributed by atoms with Gasteiger partial charge in [0.15, 0.2) is 0 Å². The summed E-state index contributed by atoms with van der Waals surface area (Å²) in [5.41, 5.74) is 1.59. The number of aryl methyl sites for hydroxylation is 2. The van der Waals surface area contributed by atoms with E-state index in [9.17, 15) is 4.79 Å². The Morgan fingerprint density at radius 1 is 1.23 bits per heavy atom. The van der Waals surface area contributed by atoms with Crippen LogP contribution in [0.25, 0.3) is 0 Å². The molecular weight excluding hydrogens is 296 g/mol. The maximum absolute atomic E-state index is 12.7. The number of amides is 1. The first kappa shape index (κ1) is 15.9. The fourth-order valence-electron chi connectivity index (χ4n) is 3.54. The average Bonchev–Trinajstić information content (AvgIpc) is 2.74. The summed E-state index contributed by atoms with van der Waals surface area (Å²) in [6.07, 6.45) is 5.54. The summed E-state index contributed by atoms with van der Waals surface area (Å²) in [5, 5.41) is 4.30. The van der Waals surface area contributed by atoms with Crippen LogP contribution in [0.3, 0.4) is 0 Å². The van der Waals surface area contributed by atoms with Gasteiger partial charge in [0.1, 0.15) is 0 Å². The summed E-state index contributed by atoms with van der Waals surface area (Å²) >= 11 is 2.07. The van der Waals surface area contributed by atoms with Gasteiger partial charge < -0.3 is 4.90 Å². The summed E-state index contributed by atoms with van der Waals surface area (Å²) in [4.78, 5) is 17.4. The van der Waals surface area contributed by atoms with Crippen molar-refractivity contribution in [1.82, 2.24) is 19.6 Å². The van der Waals surface area contributed by atoms with Gasteiger partial charge in [-0.3, -0.25) is 14.4 Å². The standard InChI is InChI=1S/C16H26N4OS/c1-13-15(12-18(2)17-13)16(21)20-7-3-6-19(8-9-20)14-4-10-22-11-5-14/h12,14H,3-11H2,1-2H3. The fourth-order valence-corrected chi connectivity index (χ4v) is 4.62. The average molecular weight is 322 g/mol. The van der Waals surface area contributed by atoms with Gasteiger partial charge in [-0.15, -0.1) is 0 Å². The molecule has 1 aromatic rings. The summed E-state index contributed by atoms with van der Waals surface area (Å²) in [6, 6.07) is 0.733. The molecule has 1 amide bonds. The van der Waals surface area contributed by atoms with Crippen molar-refractivity contribution in [2.24, 2.45) is 7.05 Å². The molecule has 22 heavy (non-hydrogen) atoms. The Bertz CT molecular complexity index is 524. The molecule has 6 heteroatoms. The van der Waals surface area contributed by atoms with Gasteiger partial charge in [-0.05, 0) is 37.7 Å². The highest BCUT2D eigenvalue weighted by Crippen LogP contribution is 2.23. The second-order valence-electron chi connectivity index (χ2n) is 6.33. The number of carbonyl (C=O) groups excluding carboxylic acids is 1. The summed E-state index contributed by atoms with van der Waals surface area (Å²) < 4.78 is 1.73. The van der Waals surface area contributed by atoms with E-state index in [4.69, 9.17) is 0 Å². The number of carbonyl (C=O) groups is 1.